The smallest absolute Gasteiger partial charge is 0.220 e. The molecule has 0 spiro atoms. The Kier molecular flexibility index (Phi) is 7.38. The molecule has 142 valence electrons. The second kappa shape index (κ2) is 9.97. The Labute approximate surface area is 159 Å². The summed E-state index contributed by atoms with van der Waals surface area (Å²) in [6.07, 6.45) is 10.9. The maximum absolute atomic E-state index is 11.9. The van der Waals surface area contributed by atoms with Gasteiger partial charge in [-0.1, -0.05) is 18.9 Å². The highest BCUT2D eigenvalue weighted by Crippen LogP contribution is 2.27. The molecule has 1 aliphatic carbocycles. The third-order valence-corrected chi connectivity index (χ3v) is 6.07. The van der Waals surface area contributed by atoms with E-state index in [1.54, 1.807) is 11.8 Å². The number of imidazole rings is 1. The molecule has 2 aromatic rings. The highest BCUT2D eigenvalue weighted by atomic mass is 32.2. The van der Waals surface area contributed by atoms with Gasteiger partial charge >= 0.3 is 0 Å². The van der Waals surface area contributed by atoms with Crippen LogP contribution in [0.5, 0.6) is 0 Å². The van der Waals surface area contributed by atoms with Gasteiger partial charge in [0.1, 0.15) is 5.65 Å². The van der Waals surface area contributed by atoms with Crippen molar-refractivity contribution in [3.8, 4) is 0 Å². The second-order valence-electron chi connectivity index (χ2n) is 7.10. The summed E-state index contributed by atoms with van der Waals surface area (Å²) in [7, 11) is 0. The summed E-state index contributed by atoms with van der Waals surface area (Å²) in [4.78, 5) is 16.5. The van der Waals surface area contributed by atoms with Crippen LogP contribution < -0.4 is 5.32 Å². The molecule has 1 saturated carbocycles. The molecule has 0 radical (unpaired) electrons. The van der Waals surface area contributed by atoms with Gasteiger partial charge in [0.25, 0.3) is 0 Å². The maximum Gasteiger partial charge on any atom is 0.220 e. The summed E-state index contributed by atoms with van der Waals surface area (Å²) in [6.45, 7) is 0.721. The van der Waals surface area contributed by atoms with Crippen molar-refractivity contribution in [3.63, 3.8) is 0 Å². The van der Waals surface area contributed by atoms with Crippen LogP contribution in [0, 0.1) is 5.92 Å². The zero-order valence-electron chi connectivity index (χ0n) is 15.3. The lowest BCUT2D eigenvalue weighted by molar-refractivity contribution is -0.120. The predicted octanol–water partition coefficient (Wildman–Crippen LogP) is 3.41. The number of nitrogens with zero attached hydrogens (tertiary/aromatic N) is 2. The number of rotatable bonds is 9. The molecule has 1 fully saturated rings. The lowest BCUT2D eigenvalue weighted by atomic mass is 9.83. The lowest BCUT2D eigenvalue weighted by Crippen LogP contribution is -2.28. The summed E-state index contributed by atoms with van der Waals surface area (Å²) < 4.78 is 2.02. The number of hydrogen-bond donors (Lipinski definition) is 2. The number of pyridine rings is 1. The summed E-state index contributed by atoms with van der Waals surface area (Å²) in [5, 5.41) is 13.0. The molecule has 3 rings (SSSR count). The van der Waals surface area contributed by atoms with E-state index in [4.69, 9.17) is 0 Å². The normalized spacial score (nSPS) is 20.3. The molecule has 1 aliphatic rings. The quantitative estimate of drug-likeness (QED) is 0.659. The average Bonchev–Trinajstić information content (AvgIpc) is 3.06. The number of nitrogens with one attached hydrogen (secondary N) is 1. The van der Waals surface area contributed by atoms with E-state index < -0.39 is 0 Å². The van der Waals surface area contributed by atoms with E-state index in [-0.39, 0.29) is 12.0 Å². The molecule has 0 bridgehead atoms. The molecule has 0 saturated heterocycles. The van der Waals surface area contributed by atoms with Crippen LogP contribution in [-0.4, -0.2) is 38.8 Å². The van der Waals surface area contributed by atoms with Crippen LogP contribution >= 0.6 is 11.8 Å². The van der Waals surface area contributed by atoms with Crippen molar-refractivity contribution >= 4 is 23.3 Å². The topological polar surface area (TPSA) is 66.6 Å². The van der Waals surface area contributed by atoms with Gasteiger partial charge in [0.05, 0.1) is 11.8 Å². The first-order valence-corrected chi connectivity index (χ1v) is 10.8. The van der Waals surface area contributed by atoms with E-state index in [1.807, 2.05) is 35.0 Å². The Morgan fingerprint density at radius 3 is 3.08 bits per heavy atom. The van der Waals surface area contributed by atoms with Crippen LogP contribution in [0.25, 0.3) is 5.65 Å². The van der Waals surface area contributed by atoms with Crippen LogP contribution in [0.1, 0.15) is 50.6 Å². The van der Waals surface area contributed by atoms with Crippen LogP contribution in [0.2, 0.25) is 0 Å². The lowest BCUT2D eigenvalue weighted by Gasteiger charge is -2.27. The zero-order chi connectivity index (χ0) is 18.2. The minimum Gasteiger partial charge on any atom is -0.393 e. The van der Waals surface area contributed by atoms with Crippen molar-refractivity contribution in [1.82, 2.24) is 14.7 Å². The number of carbonyl (C=O) groups is 1. The Balaban J connectivity index is 1.25. The minimum atomic E-state index is -0.129. The molecule has 0 aromatic carbocycles. The monoisotopic (exact) mass is 375 g/mol. The minimum absolute atomic E-state index is 0.122. The first kappa shape index (κ1) is 19.2. The van der Waals surface area contributed by atoms with Crippen molar-refractivity contribution in [3.05, 3.63) is 36.3 Å². The van der Waals surface area contributed by atoms with E-state index in [0.717, 1.165) is 61.5 Å². The van der Waals surface area contributed by atoms with Crippen LogP contribution in [0.3, 0.4) is 0 Å². The average molecular weight is 376 g/mol. The van der Waals surface area contributed by atoms with Gasteiger partial charge in [-0.25, -0.2) is 4.98 Å². The molecule has 0 unspecified atom stereocenters. The number of thioether (sulfide) groups is 1. The molecule has 2 N–H and O–H groups in total. The first-order valence-electron chi connectivity index (χ1n) is 9.67. The van der Waals surface area contributed by atoms with Crippen LogP contribution in [0.4, 0.5) is 0 Å². The Bertz CT molecular complexity index is 670. The maximum atomic E-state index is 11.9. The van der Waals surface area contributed by atoms with Gasteiger partial charge < -0.3 is 14.8 Å². The third kappa shape index (κ3) is 5.74. The van der Waals surface area contributed by atoms with Crippen molar-refractivity contribution in [1.29, 1.82) is 0 Å². The van der Waals surface area contributed by atoms with Crippen molar-refractivity contribution in [2.45, 2.75) is 56.8 Å². The molecule has 2 heterocycles. The first-order chi connectivity index (χ1) is 12.7. The Hall–Kier alpha value is -1.53. The number of fused-ring (bicyclic) bond motifs is 1. The highest BCUT2D eigenvalue weighted by Gasteiger charge is 2.22. The number of carbonyl (C=O) groups excluding carboxylic acids is 1. The van der Waals surface area contributed by atoms with E-state index in [0.29, 0.717) is 12.3 Å². The molecule has 26 heavy (non-hydrogen) atoms. The van der Waals surface area contributed by atoms with Crippen LogP contribution in [0.15, 0.2) is 30.6 Å². The van der Waals surface area contributed by atoms with Gasteiger partial charge in [0, 0.05) is 36.9 Å². The van der Waals surface area contributed by atoms with E-state index in [1.165, 1.54) is 6.42 Å². The van der Waals surface area contributed by atoms with Gasteiger partial charge in [-0.15, -0.1) is 0 Å². The van der Waals surface area contributed by atoms with Gasteiger partial charge in [0.2, 0.25) is 5.91 Å². The van der Waals surface area contributed by atoms with Gasteiger partial charge in [-0.2, -0.15) is 11.8 Å². The largest absolute Gasteiger partial charge is 0.393 e. The van der Waals surface area contributed by atoms with Gasteiger partial charge in [-0.05, 0) is 43.7 Å². The highest BCUT2D eigenvalue weighted by molar-refractivity contribution is 7.98. The molecular weight excluding hydrogens is 346 g/mol. The second-order valence-corrected chi connectivity index (χ2v) is 8.21. The molecular formula is C20H29N3O2S. The zero-order valence-corrected chi connectivity index (χ0v) is 16.1. The summed E-state index contributed by atoms with van der Waals surface area (Å²) in [6, 6.07) is 5.97. The number of aliphatic hydroxyl groups excluding tert-OH is 1. The van der Waals surface area contributed by atoms with Crippen molar-refractivity contribution in [2.75, 3.05) is 12.3 Å². The fourth-order valence-electron chi connectivity index (χ4n) is 3.60. The molecule has 6 heteroatoms. The van der Waals surface area contributed by atoms with Crippen molar-refractivity contribution in [2.24, 2.45) is 5.92 Å². The standard InChI is InChI=1S/C20H29N3O2S/c24-18-8-2-1-6-16(18)7-5-11-21-20(25)10-13-26-15-17-14-23-12-4-3-9-19(23)22-17/h3-4,9,12,14,16,18,24H,1-2,5-8,10-11,13,15H2,(H,21,25)/t16-,18+/m1/s1. The Morgan fingerprint density at radius 2 is 2.23 bits per heavy atom. The third-order valence-electron chi connectivity index (χ3n) is 5.08. The molecule has 2 atom stereocenters. The molecule has 2 aromatic heterocycles. The molecule has 0 aliphatic heterocycles. The summed E-state index contributed by atoms with van der Waals surface area (Å²) in [5.74, 6) is 2.19. The van der Waals surface area contributed by atoms with Gasteiger partial charge in [-0.3, -0.25) is 4.79 Å². The van der Waals surface area contributed by atoms with E-state index >= 15 is 0 Å². The fourth-order valence-corrected chi connectivity index (χ4v) is 4.43. The fraction of sp³-hybridized carbons (Fsp3) is 0.600. The van der Waals surface area contributed by atoms with E-state index in [2.05, 4.69) is 10.3 Å². The predicted molar refractivity (Wildman–Crippen MR) is 106 cm³/mol. The van der Waals surface area contributed by atoms with Crippen molar-refractivity contribution < 1.29 is 9.90 Å². The Morgan fingerprint density at radius 1 is 1.35 bits per heavy atom. The van der Waals surface area contributed by atoms with Gasteiger partial charge in [0.15, 0.2) is 0 Å². The molecule has 1 amide bonds. The van der Waals surface area contributed by atoms with Crippen LogP contribution in [-0.2, 0) is 10.5 Å². The van der Waals surface area contributed by atoms with E-state index in [9.17, 15) is 9.90 Å². The molecule has 5 nitrogen and oxygen atoms in total. The summed E-state index contributed by atoms with van der Waals surface area (Å²) >= 11 is 1.74. The number of hydrogen-bond acceptors (Lipinski definition) is 4. The number of aromatic nitrogens is 2. The SMILES string of the molecule is O=C(CCSCc1cn2ccccc2n1)NCCC[C@H]1CCCC[C@@H]1O. The number of aliphatic hydroxyl groups is 1. The summed E-state index contributed by atoms with van der Waals surface area (Å²) in [5.41, 5.74) is 2.01. The number of amides is 1.